The molecule has 1 saturated heterocycles. The van der Waals surface area contributed by atoms with Crippen LogP contribution in [0.4, 0.5) is 5.82 Å². The monoisotopic (exact) mass is 453 g/mol. The lowest BCUT2D eigenvalue weighted by Gasteiger charge is -2.17. The number of aryl methyl sites for hydroxylation is 1. The molecule has 3 heterocycles. The van der Waals surface area contributed by atoms with Gasteiger partial charge in [-0.1, -0.05) is 15.9 Å². The van der Waals surface area contributed by atoms with E-state index in [1.807, 2.05) is 55.1 Å². The molecule has 3 aromatic rings. The molecule has 0 atom stereocenters. The van der Waals surface area contributed by atoms with Gasteiger partial charge in [0.2, 0.25) is 0 Å². The predicted molar refractivity (Wildman–Crippen MR) is 118 cm³/mol. The van der Waals surface area contributed by atoms with Crippen molar-refractivity contribution in [1.82, 2.24) is 20.1 Å². The first-order valence-corrected chi connectivity index (χ1v) is 10.6. The highest BCUT2D eigenvalue weighted by atomic mass is 79.9. The summed E-state index contributed by atoms with van der Waals surface area (Å²) in [6.07, 6.45) is 4.24. The van der Waals surface area contributed by atoms with E-state index in [0.717, 1.165) is 46.0 Å². The van der Waals surface area contributed by atoms with Gasteiger partial charge in [-0.05, 0) is 68.7 Å². The minimum Gasteiger partial charge on any atom is -0.357 e. The Labute approximate surface area is 179 Å². The normalized spacial score (nSPS) is 13.7. The molecule has 0 saturated carbocycles. The van der Waals surface area contributed by atoms with Crippen molar-refractivity contribution in [2.24, 2.45) is 0 Å². The third-order valence-corrected chi connectivity index (χ3v) is 5.81. The van der Waals surface area contributed by atoms with Gasteiger partial charge in [0.05, 0.1) is 22.6 Å². The number of rotatable bonds is 5. The summed E-state index contributed by atoms with van der Waals surface area (Å²) in [7, 11) is 0. The molecule has 0 bridgehead atoms. The Kier molecular flexibility index (Phi) is 5.67. The van der Waals surface area contributed by atoms with Crippen LogP contribution in [0, 0.1) is 13.8 Å². The Morgan fingerprint density at radius 3 is 2.59 bits per heavy atom. The van der Waals surface area contributed by atoms with Crippen LogP contribution in [0.3, 0.4) is 0 Å². The number of hydrogen-bond acceptors (Lipinski definition) is 4. The summed E-state index contributed by atoms with van der Waals surface area (Å²) in [6, 6.07) is 11.9. The summed E-state index contributed by atoms with van der Waals surface area (Å²) in [5.74, 6) is 0.882. The van der Waals surface area contributed by atoms with Crippen LogP contribution >= 0.6 is 15.9 Å². The lowest BCUT2D eigenvalue weighted by Crippen LogP contribution is -2.24. The van der Waals surface area contributed by atoms with Crippen LogP contribution in [0.1, 0.15) is 40.2 Å². The first kappa shape index (κ1) is 19.6. The second-order valence-electron chi connectivity index (χ2n) is 7.33. The molecule has 0 aliphatic carbocycles. The third-order valence-electron chi connectivity index (χ3n) is 5.28. The zero-order chi connectivity index (χ0) is 20.4. The van der Waals surface area contributed by atoms with Crippen LogP contribution in [0.25, 0.3) is 5.69 Å². The van der Waals surface area contributed by atoms with Crippen molar-refractivity contribution in [1.29, 1.82) is 0 Å². The van der Waals surface area contributed by atoms with Gasteiger partial charge < -0.3 is 10.2 Å². The Bertz CT molecular complexity index is 1020. The lowest BCUT2D eigenvalue weighted by atomic mass is 10.1. The van der Waals surface area contributed by atoms with E-state index >= 15 is 0 Å². The van der Waals surface area contributed by atoms with E-state index in [1.165, 1.54) is 12.8 Å². The number of halogens is 1. The minimum atomic E-state index is -0.108. The highest BCUT2D eigenvalue weighted by molar-refractivity contribution is 9.10. The van der Waals surface area contributed by atoms with Crippen LogP contribution in [-0.4, -0.2) is 33.8 Å². The number of pyridine rings is 1. The maximum Gasteiger partial charge on any atom is 0.255 e. The molecule has 1 N–H and O–H groups in total. The van der Waals surface area contributed by atoms with Gasteiger partial charge in [-0.2, -0.15) is 5.10 Å². The van der Waals surface area contributed by atoms with Gasteiger partial charge in [-0.15, -0.1) is 0 Å². The van der Waals surface area contributed by atoms with Gasteiger partial charge in [0.25, 0.3) is 5.91 Å². The smallest absolute Gasteiger partial charge is 0.255 e. The number of benzene rings is 1. The van der Waals surface area contributed by atoms with Gasteiger partial charge in [0.1, 0.15) is 5.82 Å². The Balaban J connectivity index is 1.49. The maximum absolute atomic E-state index is 12.9. The summed E-state index contributed by atoms with van der Waals surface area (Å²) >= 11 is 3.45. The van der Waals surface area contributed by atoms with Crippen LogP contribution in [-0.2, 0) is 6.54 Å². The van der Waals surface area contributed by atoms with E-state index in [0.29, 0.717) is 12.1 Å². The molecule has 1 amide bonds. The maximum atomic E-state index is 12.9. The first-order valence-electron chi connectivity index (χ1n) is 9.83. The van der Waals surface area contributed by atoms with Gasteiger partial charge in [0, 0.05) is 30.3 Å². The zero-order valence-corrected chi connectivity index (χ0v) is 18.2. The lowest BCUT2D eigenvalue weighted by molar-refractivity contribution is 0.0949. The molecular formula is C22H24BrN5O. The highest BCUT2D eigenvalue weighted by Gasteiger charge is 2.19. The minimum absolute atomic E-state index is 0.108. The summed E-state index contributed by atoms with van der Waals surface area (Å²) < 4.78 is 2.82. The molecule has 1 aliphatic heterocycles. The molecule has 0 radical (unpaired) electrons. The molecular weight excluding hydrogens is 430 g/mol. The second-order valence-corrected chi connectivity index (χ2v) is 8.25. The van der Waals surface area contributed by atoms with E-state index in [2.05, 4.69) is 42.3 Å². The van der Waals surface area contributed by atoms with Crippen LogP contribution in [0.15, 0.2) is 47.1 Å². The summed E-state index contributed by atoms with van der Waals surface area (Å²) in [4.78, 5) is 19.7. The number of anilines is 1. The molecule has 1 aromatic carbocycles. The molecule has 1 fully saturated rings. The fraction of sp³-hybridized carbons (Fsp3) is 0.318. The van der Waals surface area contributed by atoms with E-state index in [1.54, 1.807) is 0 Å². The van der Waals surface area contributed by atoms with Crippen molar-refractivity contribution in [2.45, 2.75) is 33.2 Å². The zero-order valence-electron chi connectivity index (χ0n) is 16.7. The van der Waals surface area contributed by atoms with Crippen molar-refractivity contribution in [3.05, 3.63) is 69.6 Å². The summed E-state index contributed by atoms with van der Waals surface area (Å²) in [5.41, 5.74) is 4.15. The van der Waals surface area contributed by atoms with Crippen molar-refractivity contribution in [3.8, 4) is 5.69 Å². The Morgan fingerprint density at radius 1 is 1.14 bits per heavy atom. The number of nitrogens with one attached hydrogen (secondary N) is 1. The summed E-state index contributed by atoms with van der Waals surface area (Å²) in [5, 5.41) is 7.62. The molecule has 7 heteroatoms. The molecule has 0 unspecified atom stereocenters. The Morgan fingerprint density at radius 2 is 1.86 bits per heavy atom. The number of aromatic nitrogens is 3. The standard InChI is InChI=1S/C22H24BrN5O/c1-15-21(16(2)28(26-15)19-7-5-18(23)6-8-19)22(29)25-14-17-9-10-24-20(13-17)27-11-3-4-12-27/h5-10,13H,3-4,11-12,14H2,1-2H3,(H,25,29). The van der Waals surface area contributed by atoms with Crippen molar-refractivity contribution < 1.29 is 4.79 Å². The number of nitrogens with zero attached hydrogens (tertiary/aromatic N) is 4. The van der Waals surface area contributed by atoms with Crippen LogP contribution < -0.4 is 10.2 Å². The van der Waals surface area contributed by atoms with Crippen LogP contribution in [0.2, 0.25) is 0 Å². The number of carbonyl (C=O) groups excluding carboxylic acids is 1. The van der Waals surface area contributed by atoms with Crippen molar-refractivity contribution >= 4 is 27.7 Å². The quantitative estimate of drug-likeness (QED) is 0.629. The fourth-order valence-corrected chi connectivity index (χ4v) is 4.03. The van der Waals surface area contributed by atoms with Gasteiger partial charge in [0.15, 0.2) is 0 Å². The molecule has 29 heavy (non-hydrogen) atoms. The predicted octanol–water partition coefficient (Wildman–Crippen LogP) is 4.18. The van der Waals surface area contributed by atoms with Crippen molar-refractivity contribution in [3.63, 3.8) is 0 Å². The first-order chi connectivity index (χ1) is 14.0. The highest BCUT2D eigenvalue weighted by Crippen LogP contribution is 2.21. The van der Waals surface area contributed by atoms with Gasteiger partial charge >= 0.3 is 0 Å². The van der Waals surface area contributed by atoms with Crippen molar-refractivity contribution in [2.75, 3.05) is 18.0 Å². The largest absolute Gasteiger partial charge is 0.357 e. The molecule has 6 nitrogen and oxygen atoms in total. The average Bonchev–Trinajstić information content (AvgIpc) is 3.35. The topological polar surface area (TPSA) is 63.1 Å². The molecule has 150 valence electrons. The number of hydrogen-bond donors (Lipinski definition) is 1. The third kappa shape index (κ3) is 4.19. The van der Waals surface area contributed by atoms with E-state index < -0.39 is 0 Å². The van der Waals surface area contributed by atoms with Gasteiger partial charge in [-0.3, -0.25) is 4.79 Å². The molecule has 2 aromatic heterocycles. The average molecular weight is 454 g/mol. The molecule has 0 spiro atoms. The van der Waals surface area contributed by atoms with E-state index in [9.17, 15) is 4.79 Å². The van der Waals surface area contributed by atoms with Gasteiger partial charge in [-0.25, -0.2) is 9.67 Å². The number of carbonyl (C=O) groups is 1. The fourth-order valence-electron chi connectivity index (χ4n) is 3.77. The number of amides is 1. The van der Waals surface area contributed by atoms with Crippen LogP contribution in [0.5, 0.6) is 0 Å². The molecule has 1 aliphatic rings. The summed E-state index contributed by atoms with van der Waals surface area (Å²) in [6.45, 7) is 6.36. The van der Waals surface area contributed by atoms with E-state index in [-0.39, 0.29) is 5.91 Å². The second kappa shape index (κ2) is 8.37. The SMILES string of the molecule is Cc1nn(-c2ccc(Br)cc2)c(C)c1C(=O)NCc1ccnc(N2CCCC2)c1. The Hall–Kier alpha value is -2.67. The van der Waals surface area contributed by atoms with E-state index in [4.69, 9.17) is 0 Å². The molecule has 4 rings (SSSR count).